The summed E-state index contributed by atoms with van der Waals surface area (Å²) in [5.74, 6) is 0.0831. The van der Waals surface area contributed by atoms with Gasteiger partial charge in [-0.15, -0.1) is 24.8 Å². The van der Waals surface area contributed by atoms with Crippen molar-refractivity contribution in [1.82, 2.24) is 9.88 Å². The van der Waals surface area contributed by atoms with E-state index in [-0.39, 0.29) is 36.8 Å². The van der Waals surface area contributed by atoms with Crippen molar-refractivity contribution in [2.75, 3.05) is 13.1 Å². The van der Waals surface area contributed by atoms with Gasteiger partial charge >= 0.3 is 0 Å². The number of carbonyl (C=O) groups is 1. The summed E-state index contributed by atoms with van der Waals surface area (Å²) in [5.41, 5.74) is 8.36. The highest BCUT2D eigenvalue weighted by molar-refractivity contribution is 9.10. The van der Waals surface area contributed by atoms with E-state index in [9.17, 15) is 4.79 Å². The molecule has 3 rings (SSSR count). The van der Waals surface area contributed by atoms with Crippen LogP contribution >= 0.6 is 40.7 Å². The van der Waals surface area contributed by atoms with Crippen LogP contribution in [0.2, 0.25) is 0 Å². The van der Waals surface area contributed by atoms with Crippen molar-refractivity contribution in [1.29, 1.82) is 0 Å². The molecule has 0 atom stereocenters. The number of nitrogens with zero attached hydrogens (tertiary/aromatic N) is 2. The number of aryl methyl sites for hydroxylation is 1. The first-order valence-corrected chi connectivity index (χ1v) is 7.95. The molecular formula is C16H20BrCl2N3O. The molecule has 0 aliphatic carbocycles. The minimum atomic E-state index is 0. The number of halogens is 3. The van der Waals surface area contributed by atoms with Gasteiger partial charge in [0.2, 0.25) is 0 Å². The van der Waals surface area contributed by atoms with Crippen molar-refractivity contribution >= 4 is 57.6 Å². The van der Waals surface area contributed by atoms with Crippen molar-refractivity contribution in [3.05, 3.63) is 40.0 Å². The molecule has 1 saturated heterocycles. The largest absolute Gasteiger partial charge is 0.339 e. The molecule has 1 amide bonds. The molecule has 2 heterocycles. The number of rotatable bonds is 1. The standard InChI is InChI=1S/C16H18BrN3O.2ClH/c1-10-8-14(13-3-2-11(17)9-15(13)19-10)16(21)20-6-4-12(18)5-7-20;;/h2-3,8-9,12H,4-7,18H2,1H3;2*1H. The average Bonchev–Trinajstić information content (AvgIpc) is 2.46. The highest BCUT2D eigenvalue weighted by Crippen LogP contribution is 2.24. The molecule has 0 radical (unpaired) electrons. The van der Waals surface area contributed by atoms with Gasteiger partial charge in [0.05, 0.1) is 11.1 Å². The van der Waals surface area contributed by atoms with Crippen LogP contribution < -0.4 is 5.73 Å². The number of amides is 1. The lowest BCUT2D eigenvalue weighted by atomic mass is 10.0. The lowest BCUT2D eigenvalue weighted by molar-refractivity contribution is 0.0716. The van der Waals surface area contributed by atoms with Crippen molar-refractivity contribution in [2.45, 2.75) is 25.8 Å². The fourth-order valence-electron chi connectivity index (χ4n) is 2.78. The number of hydrogen-bond donors (Lipinski definition) is 1. The van der Waals surface area contributed by atoms with E-state index in [1.165, 1.54) is 0 Å². The summed E-state index contributed by atoms with van der Waals surface area (Å²) in [6.45, 7) is 3.39. The van der Waals surface area contributed by atoms with Gasteiger partial charge in [-0.3, -0.25) is 9.78 Å². The van der Waals surface area contributed by atoms with E-state index in [0.717, 1.165) is 52.6 Å². The van der Waals surface area contributed by atoms with Gasteiger partial charge in [0, 0.05) is 34.7 Å². The van der Waals surface area contributed by atoms with Gasteiger partial charge in [-0.2, -0.15) is 0 Å². The predicted molar refractivity (Wildman–Crippen MR) is 102 cm³/mol. The summed E-state index contributed by atoms with van der Waals surface area (Å²) in [7, 11) is 0. The van der Waals surface area contributed by atoms with Crippen LogP contribution in [0.25, 0.3) is 10.9 Å². The third-order valence-electron chi connectivity index (χ3n) is 3.96. The molecule has 1 fully saturated rings. The summed E-state index contributed by atoms with van der Waals surface area (Å²) in [6.07, 6.45) is 1.75. The fraction of sp³-hybridized carbons (Fsp3) is 0.375. The number of fused-ring (bicyclic) bond motifs is 1. The maximum atomic E-state index is 12.8. The van der Waals surface area contributed by atoms with Gasteiger partial charge in [-0.1, -0.05) is 22.0 Å². The summed E-state index contributed by atoms with van der Waals surface area (Å²) in [6, 6.07) is 7.95. The SMILES string of the molecule is Cc1cc(C(=O)N2CCC(N)CC2)c2ccc(Br)cc2n1.Cl.Cl. The maximum Gasteiger partial charge on any atom is 0.254 e. The molecule has 2 N–H and O–H groups in total. The normalized spacial score (nSPS) is 15.0. The Morgan fingerprint density at radius 1 is 1.26 bits per heavy atom. The molecular weight excluding hydrogens is 401 g/mol. The highest BCUT2D eigenvalue weighted by atomic mass is 79.9. The monoisotopic (exact) mass is 419 g/mol. The highest BCUT2D eigenvalue weighted by Gasteiger charge is 2.23. The molecule has 7 heteroatoms. The molecule has 0 saturated carbocycles. The van der Waals surface area contributed by atoms with Crippen molar-refractivity contribution in [3.63, 3.8) is 0 Å². The van der Waals surface area contributed by atoms with Crippen LogP contribution in [-0.2, 0) is 0 Å². The number of hydrogen-bond acceptors (Lipinski definition) is 3. The zero-order chi connectivity index (χ0) is 15.0. The minimum absolute atomic E-state index is 0. The number of aromatic nitrogens is 1. The lowest BCUT2D eigenvalue weighted by Crippen LogP contribution is -2.42. The van der Waals surface area contributed by atoms with Crippen LogP contribution in [-0.4, -0.2) is 34.9 Å². The summed E-state index contributed by atoms with van der Waals surface area (Å²) < 4.78 is 0.968. The Balaban J connectivity index is 0.00000132. The lowest BCUT2D eigenvalue weighted by Gasteiger charge is -2.30. The fourth-order valence-corrected chi connectivity index (χ4v) is 3.13. The van der Waals surface area contributed by atoms with Gasteiger partial charge < -0.3 is 10.6 Å². The average molecular weight is 421 g/mol. The molecule has 1 aliphatic rings. The van der Waals surface area contributed by atoms with E-state index in [4.69, 9.17) is 5.73 Å². The van der Waals surface area contributed by atoms with E-state index in [1.54, 1.807) is 0 Å². The third-order valence-corrected chi connectivity index (χ3v) is 4.45. The third kappa shape index (κ3) is 4.35. The second-order valence-electron chi connectivity index (χ2n) is 5.60. The molecule has 0 bridgehead atoms. The molecule has 1 aromatic heterocycles. The molecule has 23 heavy (non-hydrogen) atoms. The first kappa shape index (κ1) is 20.2. The van der Waals surface area contributed by atoms with Gasteiger partial charge in [0.25, 0.3) is 5.91 Å². The Morgan fingerprint density at radius 3 is 2.57 bits per heavy atom. The van der Waals surface area contributed by atoms with Gasteiger partial charge in [0.1, 0.15) is 0 Å². The van der Waals surface area contributed by atoms with Crippen LogP contribution in [0.15, 0.2) is 28.7 Å². The van der Waals surface area contributed by atoms with Gasteiger partial charge in [-0.05, 0) is 38.0 Å². The van der Waals surface area contributed by atoms with Crippen LogP contribution in [0.5, 0.6) is 0 Å². The van der Waals surface area contributed by atoms with E-state index in [0.29, 0.717) is 0 Å². The second kappa shape index (κ2) is 8.29. The van der Waals surface area contributed by atoms with Crippen LogP contribution in [0, 0.1) is 6.92 Å². The Morgan fingerprint density at radius 2 is 1.91 bits per heavy atom. The Bertz CT molecular complexity index is 698. The quantitative estimate of drug-likeness (QED) is 0.764. The van der Waals surface area contributed by atoms with Crippen LogP contribution in [0.1, 0.15) is 28.9 Å². The van der Waals surface area contributed by atoms with Gasteiger partial charge in [0.15, 0.2) is 0 Å². The molecule has 1 aromatic carbocycles. The Labute approximate surface area is 156 Å². The first-order chi connectivity index (χ1) is 10.0. The topological polar surface area (TPSA) is 59.2 Å². The minimum Gasteiger partial charge on any atom is -0.339 e. The summed E-state index contributed by atoms with van der Waals surface area (Å²) >= 11 is 3.45. The Kier molecular flexibility index (Phi) is 7.27. The Hall–Kier alpha value is -0.880. The van der Waals surface area contributed by atoms with Gasteiger partial charge in [-0.25, -0.2) is 0 Å². The number of pyridine rings is 1. The van der Waals surface area contributed by atoms with E-state index < -0.39 is 0 Å². The molecule has 4 nitrogen and oxygen atoms in total. The number of carbonyl (C=O) groups excluding carboxylic acids is 1. The number of nitrogens with two attached hydrogens (primary N) is 1. The molecule has 1 aliphatic heterocycles. The number of piperidine rings is 1. The van der Waals surface area contributed by atoms with Crippen molar-refractivity contribution < 1.29 is 4.79 Å². The predicted octanol–water partition coefficient (Wildman–Crippen LogP) is 3.71. The van der Waals surface area contributed by atoms with E-state index in [1.807, 2.05) is 36.1 Å². The molecule has 126 valence electrons. The smallest absolute Gasteiger partial charge is 0.254 e. The van der Waals surface area contributed by atoms with Crippen LogP contribution in [0.4, 0.5) is 0 Å². The van der Waals surface area contributed by atoms with E-state index in [2.05, 4.69) is 20.9 Å². The van der Waals surface area contributed by atoms with E-state index >= 15 is 0 Å². The van der Waals surface area contributed by atoms with Crippen LogP contribution in [0.3, 0.4) is 0 Å². The molecule has 0 spiro atoms. The number of benzene rings is 1. The second-order valence-corrected chi connectivity index (χ2v) is 6.52. The van der Waals surface area contributed by atoms with Crippen molar-refractivity contribution in [3.8, 4) is 0 Å². The zero-order valence-electron chi connectivity index (χ0n) is 12.8. The summed E-state index contributed by atoms with van der Waals surface area (Å²) in [4.78, 5) is 19.2. The maximum absolute atomic E-state index is 12.8. The molecule has 2 aromatic rings. The number of likely N-dealkylation sites (tertiary alicyclic amines) is 1. The zero-order valence-corrected chi connectivity index (χ0v) is 16.0. The summed E-state index contributed by atoms with van der Waals surface area (Å²) in [5, 5.41) is 0.906. The van der Waals surface area contributed by atoms with Crippen molar-refractivity contribution in [2.24, 2.45) is 5.73 Å². The first-order valence-electron chi connectivity index (χ1n) is 7.16. The molecule has 0 unspecified atom stereocenters.